The lowest BCUT2D eigenvalue weighted by atomic mass is 9.83. The Hall–Kier alpha value is -3.83. The average Bonchev–Trinajstić information content (AvgIpc) is 3.42. The monoisotopic (exact) mass is 440 g/mol. The minimum absolute atomic E-state index is 0.271. The molecule has 0 bridgehead atoms. The van der Waals surface area contributed by atoms with E-state index in [1.54, 1.807) is 0 Å². The molecular weight excluding hydrogens is 420 g/mol. The SMILES string of the molecule is CC1(c2noc(CCn3c(-c4ccccc4)c(C#N)c4[nH]cnc(=S)c43)n2)C=CC=CC1. The van der Waals surface area contributed by atoms with Gasteiger partial charge < -0.3 is 14.1 Å². The molecule has 0 saturated carbocycles. The van der Waals surface area contributed by atoms with Crippen molar-refractivity contribution >= 4 is 23.3 Å². The van der Waals surface area contributed by atoms with Crippen molar-refractivity contribution in [2.45, 2.75) is 31.7 Å². The van der Waals surface area contributed by atoms with Crippen molar-refractivity contribution in [2.75, 3.05) is 0 Å². The Morgan fingerprint density at radius 1 is 1.28 bits per heavy atom. The van der Waals surface area contributed by atoms with Crippen LogP contribution >= 0.6 is 12.2 Å². The van der Waals surface area contributed by atoms with Gasteiger partial charge in [0.05, 0.1) is 23.0 Å². The molecule has 1 aromatic carbocycles. The van der Waals surface area contributed by atoms with Crippen LogP contribution in [0.4, 0.5) is 0 Å². The third kappa shape index (κ3) is 3.37. The molecule has 0 amide bonds. The van der Waals surface area contributed by atoms with Crippen LogP contribution < -0.4 is 0 Å². The van der Waals surface area contributed by atoms with Gasteiger partial charge in [0.25, 0.3) is 0 Å². The highest BCUT2D eigenvalue weighted by Gasteiger charge is 2.29. The number of fused-ring (bicyclic) bond motifs is 1. The number of nitrogens with zero attached hydrogens (tertiary/aromatic N) is 5. The number of H-pyrrole nitrogens is 1. The van der Waals surface area contributed by atoms with Gasteiger partial charge in [0.2, 0.25) is 5.89 Å². The quantitative estimate of drug-likeness (QED) is 0.437. The van der Waals surface area contributed by atoms with Crippen LogP contribution in [-0.2, 0) is 18.4 Å². The zero-order valence-electron chi connectivity index (χ0n) is 17.4. The van der Waals surface area contributed by atoms with E-state index in [-0.39, 0.29) is 5.41 Å². The van der Waals surface area contributed by atoms with Crippen molar-refractivity contribution in [1.82, 2.24) is 24.7 Å². The minimum Gasteiger partial charge on any atom is -0.343 e. The van der Waals surface area contributed by atoms with Gasteiger partial charge in [-0.25, -0.2) is 4.98 Å². The number of aromatic nitrogens is 5. The fourth-order valence-corrected chi connectivity index (χ4v) is 4.38. The van der Waals surface area contributed by atoms with Gasteiger partial charge in [0.1, 0.15) is 17.1 Å². The Morgan fingerprint density at radius 3 is 2.88 bits per heavy atom. The lowest BCUT2D eigenvalue weighted by Crippen LogP contribution is -2.21. The van der Waals surface area contributed by atoms with Crippen LogP contribution in [0.2, 0.25) is 0 Å². The molecule has 3 heterocycles. The lowest BCUT2D eigenvalue weighted by molar-refractivity contribution is 0.359. The maximum Gasteiger partial charge on any atom is 0.228 e. The molecule has 1 aliphatic carbocycles. The molecule has 7 nitrogen and oxygen atoms in total. The molecule has 3 aromatic heterocycles. The largest absolute Gasteiger partial charge is 0.343 e. The van der Waals surface area contributed by atoms with Crippen molar-refractivity contribution in [1.29, 1.82) is 5.26 Å². The number of nitrogens with one attached hydrogen (secondary N) is 1. The van der Waals surface area contributed by atoms with Gasteiger partial charge in [0, 0.05) is 13.0 Å². The van der Waals surface area contributed by atoms with E-state index < -0.39 is 0 Å². The van der Waals surface area contributed by atoms with Crippen LogP contribution in [0.5, 0.6) is 0 Å². The van der Waals surface area contributed by atoms with Crippen LogP contribution in [-0.4, -0.2) is 24.7 Å². The summed E-state index contributed by atoms with van der Waals surface area (Å²) >= 11 is 5.52. The van der Waals surface area contributed by atoms with E-state index in [0.717, 1.165) is 23.2 Å². The predicted octanol–water partition coefficient (Wildman–Crippen LogP) is 5.03. The maximum absolute atomic E-state index is 9.95. The lowest BCUT2D eigenvalue weighted by Gasteiger charge is -2.21. The second kappa shape index (κ2) is 8.02. The summed E-state index contributed by atoms with van der Waals surface area (Å²) in [6, 6.07) is 12.2. The average molecular weight is 441 g/mol. The highest BCUT2D eigenvalue weighted by atomic mass is 32.1. The Morgan fingerprint density at radius 2 is 2.12 bits per heavy atom. The van der Waals surface area contributed by atoms with Crippen molar-refractivity contribution in [2.24, 2.45) is 0 Å². The van der Waals surface area contributed by atoms with Crippen LogP contribution in [0.1, 0.15) is 30.6 Å². The van der Waals surface area contributed by atoms with Crippen molar-refractivity contribution < 1.29 is 4.52 Å². The highest BCUT2D eigenvalue weighted by Crippen LogP contribution is 2.33. The van der Waals surface area contributed by atoms with Gasteiger partial charge in [-0.1, -0.05) is 72.0 Å². The van der Waals surface area contributed by atoms with Crippen molar-refractivity contribution in [3.63, 3.8) is 0 Å². The predicted molar refractivity (Wildman–Crippen MR) is 123 cm³/mol. The molecule has 0 saturated heterocycles. The summed E-state index contributed by atoms with van der Waals surface area (Å²) in [6.45, 7) is 2.61. The molecule has 0 spiro atoms. The van der Waals surface area contributed by atoms with E-state index in [9.17, 15) is 5.26 Å². The summed E-state index contributed by atoms with van der Waals surface area (Å²) in [5, 5.41) is 14.2. The Labute approximate surface area is 189 Å². The summed E-state index contributed by atoms with van der Waals surface area (Å²) in [5.74, 6) is 1.22. The molecule has 0 radical (unpaired) electrons. The first-order valence-electron chi connectivity index (χ1n) is 10.3. The molecule has 0 fully saturated rings. The Balaban J connectivity index is 1.55. The first-order valence-corrected chi connectivity index (χ1v) is 10.7. The van der Waals surface area contributed by atoms with E-state index in [0.29, 0.717) is 40.4 Å². The number of allylic oxidation sites excluding steroid dienone is 4. The Kier molecular flexibility index (Phi) is 5.04. The fourth-order valence-electron chi connectivity index (χ4n) is 4.12. The van der Waals surface area contributed by atoms with Gasteiger partial charge in [-0.15, -0.1) is 0 Å². The summed E-state index contributed by atoms with van der Waals surface area (Å²) in [5.41, 5.74) is 3.41. The third-order valence-corrected chi connectivity index (χ3v) is 6.10. The number of aryl methyl sites for hydroxylation is 2. The Bertz CT molecular complexity index is 1450. The summed E-state index contributed by atoms with van der Waals surface area (Å²) in [7, 11) is 0. The van der Waals surface area contributed by atoms with Crippen LogP contribution in [0.25, 0.3) is 22.3 Å². The minimum atomic E-state index is -0.271. The maximum atomic E-state index is 9.95. The standard InChI is InChI=1S/C24H20N6OS/c1-24(11-6-3-7-12-24)23-28-18(31-29-23)10-13-30-20(16-8-4-2-5-9-16)17(14-25)19-21(30)22(32)27-15-26-19/h2-9,11,15H,10,12-13H2,1H3,(H,26,27,32). The van der Waals surface area contributed by atoms with Crippen LogP contribution in [0, 0.1) is 16.0 Å². The summed E-state index contributed by atoms with van der Waals surface area (Å²) in [6.07, 6.45) is 11.1. The molecule has 1 atom stereocenters. The van der Waals surface area contributed by atoms with E-state index in [1.165, 1.54) is 6.33 Å². The fraction of sp³-hybridized carbons (Fsp3) is 0.208. The molecule has 4 aromatic rings. The van der Waals surface area contributed by atoms with Crippen LogP contribution in [0.15, 0.2) is 65.5 Å². The van der Waals surface area contributed by atoms with Crippen molar-refractivity contribution in [3.8, 4) is 17.3 Å². The normalized spacial score (nSPS) is 17.6. The van der Waals surface area contributed by atoms with E-state index in [2.05, 4.69) is 45.3 Å². The first kappa shape index (κ1) is 20.1. The topological polar surface area (TPSA) is 96.3 Å². The smallest absolute Gasteiger partial charge is 0.228 e. The summed E-state index contributed by atoms with van der Waals surface area (Å²) < 4.78 is 8.05. The number of hydrogen-bond donors (Lipinski definition) is 1. The number of rotatable bonds is 5. The zero-order valence-corrected chi connectivity index (χ0v) is 18.3. The number of benzene rings is 1. The van der Waals surface area contributed by atoms with Gasteiger partial charge in [-0.2, -0.15) is 10.2 Å². The second-order valence-corrected chi connectivity index (χ2v) is 8.34. The number of hydrogen-bond acceptors (Lipinski definition) is 6. The van der Waals surface area contributed by atoms with Crippen molar-refractivity contribution in [3.05, 3.63) is 82.9 Å². The second-order valence-electron chi connectivity index (χ2n) is 7.95. The molecular formula is C24H20N6OS. The third-order valence-electron chi connectivity index (χ3n) is 5.80. The molecule has 1 N–H and O–H groups in total. The molecule has 1 aliphatic rings. The molecule has 1 unspecified atom stereocenters. The van der Waals surface area contributed by atoms with E-state index in [1.807, 2.05) is 47.1 Å². The van der Waals surface area contributed by atoms with Gasteiger partial charge >= 0.3 is 0 Å². The van der Waals surface area contributed by atoms with Gasteiger partial charge in [-0.3, -0.25) is 0 Å². The zero-order chi connectivity index (χ0) is 22.1. The van der Waals surface area contributed by atoms with Gasteiger partial charge in [-0.05, 0) is 18.9 Å². The number of aromatic amines is 1. The summed E-state index contributed by atoms with van der Waals surface area (Å²) in [4.78, 5) is 12.0. The first-order chi connectivity index (χ1) is 15.6. The molecule has 32 heavy (non-hydrogen) atoms. The number of nitriles is 1. The highest BCUT2D eigenvalue weighted by molar-refractivity contribution is 7.71. The molecule has 158 valence electrons. The van der Waals surface area contributed by atoms with E-state index >= 15 is 0 Å². The molecule has 8 heteroatoms. The van der Waals surface area contributed by atoms with E-state index in [4.69, 9.17) is 16.7 Å². The van der Waals surface area contributed by atoms with Crippen LogP contribution in [0.3, 0.4) is 0 Å². The molecule has 0 aliphatic heterocycles. The molecule has 5 rings (SSSR count). The van der Waals surface area contributed by atoms with Gasteiger partial charge in [0.15, 0.2) is 10.5 Å².